The molecule has 2 aliphatic carbocycles. The van der Waals surface area contributed by atoms with E-state index in [9.17, 15) is 4.79 Å². The van der Waals surface area contributed by atoms with Gasteiger partial charge in [-0.25, -0.2) is 4.98 Å². The molecular formula is C29H34N2O. The molecule has 0 saturated heterocycles. The molecule has 0 atom stereocenters. The standard InChI is InChI=1S/C29H34N2O/c1-21-17-24-11-6-12-26(24)27(18-21)28(32)15-14-25-20-31-19-23(13-16-29(31)30-25)10-5-9-22-7-3-2-4-8-22/h6,12-13,16-20,22H,2-5,7-11,14-15H2,1H3. The number of aromatic nitrogens is 2. The van der Waals surface area contributed by atoms with Crippen LogP contribution in [0.4, 0.5) is 0 Å². The van der Waals surface area contributed by atoms with E-state index in [1.165, 1.54) is 61.6 Å². The number of carbonyl (C=O) groups excluding carboxylic acids is 1. The summed E-state index contributed by atoms with van der Waals surface area (Å²) in [6.07, 6.45) is 21.7. The molecule has 0 unspecified atom stereocenters. The topological polar surface area (TPSA) is 34.4 Å². The summed E-state index contributed by atoms with van der Waals surface area (Å²) in [7, 11) is 0. The normalized spacial score (nSPS) is 16.0. The highest BCUT2D eigenvalue weighted by atomic mass is 16.1. The Labute approximate surface area is 191 Å². The minimum atomic E-state index is 0.219. The fourth-order valence-electron chi connectivity index (χ4n) is 5.58. The number of hydrogen-bond acceptors (Lipinski definition) is 2. The predicted molar refractivity (Wildman–Crippen MR) is 131 cm³/mol. The molecule has 1 aromatic carbocycles. The van der Waals surface area contributed by atoms with Gasteiger partial charge < -0.3 is 4.40 Å². The number of hydrogen-bond donors (Lipinski definition) is 0. The van der Waals surface area contributed by atoms with Gasteiger partial charge in [-0.1, -0.05) is 68.4 Å². The van der Waals surface area contributed by atoms with Crippen LogP contribution in [-0.4, -0.2) is 15.2 Å². The summed E-state index contributed by atoms with van der Waals surface area (Å²) >= 11 is 0. The van der Waals surface area contributed by atoms with Gasteiger partial charge in [-0.05, 0) is 67.3 Å². The van der Waals surface area contributed by atoms with Gasteiger partial charge in [0, 0.05) is 24.4 Å². The molecule has 0 radical (unpaired) electrons. The lowest BCUT2D eigenvalue weighted by Gasteiger charge is -2.21. The Hall–Kier alpha value is -2.68. The van der Waals surface area contributed by atoms with Crippen LogP contribution < -0.4 is 0 Å². The Morgan fingerprint density at radius 1 is 1.09 bits per heavy atom. The highest BCUT2D eigenvalue weighted by molar-refractivity contribution is 6.00. The van der Waals surface area contributed by atoms with E-state index in [-0.39, 0.29) is 5.78 Å². The van der Waals surface area contributed by atoms with Gasteiger partial charge >= 0.3 is 0 Å². The highest BCUT2D eigenvalue weighted by Crippen LogP contribution is 2.28. The third-order valence-electron chi connectivity index (χ3n) is 7.31. The van der Waals surface area contributed by atoms with Crippen LogP contribution in [0.15, 0.2) is 42.7 Å². The number of imidazole rings is 1. The van der Waals surface area contributed by atoms with Gasteiger partial charge in [0.05, 0.1) is 5.69 Å². The third kappa shape index (κ3) is 4.72. The molecule has 3 aromatic rings. The molecule has 1 fully saturated rings. The molecule has 166 valence electrons. The summed E-state index contributed by atoms with van der Waals surface area (Å²) in [5.74, 6) is 1.17. The van der Waals surface area contributed by atoms with Gasteiger partial charge in [-0.3, -0.25) is 4.79 Å². The van der Waals surface area contributed by atoms with Crippen molar-refractivity contribution in [1.29, 1.82) is 0 Å². The first-order valence-corrected chi connectivity index (χ1v) is 12.5. The molecule has 2 aliphatic rings. The van der Waals surface area contributed by atoms with Crippen molar-refractivity contribution in [3.8, 4) is 0 Å². The SMILES string of the molecule is Cc1cc2c(c(C(=O)CCc3cn4cc(CCCC5CCCCC5)ccc4n3)c1)C=CC2. The van der Waals surface area contributed by atoms with Crippen LogP contribution in [0, 0.1) is 12.8 Å². The van der Waals surface area contributed by atoms with Gasteiger partial charge in [0.2, 0.25) is 0 Å². The van der Waals surface area contributed by atoms with Crippen LogP contribution >= 0.6 is 0 Å². The van der Waals surface area contributed by atoms with E-state index in [2.05, 4.69) is 54.1 Å². The van der Waals surface area contributed by atoms with Crippen molar-refractivity contribution in [3.05, 3.63) is 76.2 Å². The molecule has 5 rings (SSSR count). The van der Waals surface area contributed by atoms with E-state index < -0.39 is 0 Å². The van der Waals surface area contributed by atoms with Gasteiger partial charge in [-0.15, -0.1) is 0 Å². The van der Waals surface area contributed by atoms with Crippen molar-refractivity contribution in [2.45, 2.75) is 77.6 Å². The average molecular weight is 427 g/mol. The lowest BCUT2D eigenvalue weighted by molar-refractivity contribution is 0.0982. The highest BCUT2D eigenvalue weighted by Gasteiger charge is 2.17. The van der Waals surface area contributed by atoms with Crippen molar-refractivity contribution in [2.24, 2.45) is 5.92 Å². The van der Waals surface area contributed by atoms with Crippen molar-refractivity contribution >= 4 is 17.5 Å². The second-order valence-electron chi connectivity index (χ2n) is 9.85. The van der Waals surface area contributed by atoms with Crippen LogP contribution in [0.3, 0.4) is 0 Å². The van der Waals surface area contributed by atoms with Gasteiger partial charge in [-0.2, -0.15) is 0 Å². The maximum atomic E-state index is 13.0. The molecule has 1 saturated carbocycles. The molecule has 0 bridgehead atoms. The van der Waals surface area contributed by atoms with Gasteiger partial charge in [0.15, 0.2) is 5.78 Å². The Morgan fingerprint density at radius 2 is 1.97 bits per heavy atom. The number of Topliss-reactive ketones (excluding diaryl/α,β-unsaturated/α-hetero) is 1. The minimum Gasteiger partial charge on any atom is -0.307 e. The molecular weight excluding hydrogens is 392 g/mol. The van der Waals surface area contributed by atoms with Crippen LogP contribution in [0.5, 0.6) is 0 Å². The summed E-state index contributed by atoms with van der Waals surface area (Å²) in [4.78, 5) is 17.7. The van der Waals surface area contributed by atoms with Crippen LogP contribution in [0.2, 0.25) is 0 Å². The second kappa shape index (κ2) is 9.44. The van der Waals surface area contributed by atoms with Crippen LogP contribution in [0.1, 0.15) is 89.7 Å². The number of aryl methyl sites for hydroxylation is 3. The molecule has 0 N–H and O–H groups in total. The third-order valence-corrected chi connectivity index (χ3v) is 7.31. The fourth-order valence-corrected chi connectivity index (χ4v) is 5.58. The largest absolute Gasteiger partial charge is 0.307 e. The first-order valence-electron chi connectivity index (χ1n) is 12.5. The zero-order valence-corrected chi connectivity index (χ0v) is 19.3. The monoisotopic (exact) mass is 426 g/mol. The van der Waals surface area contributed by atoms with Gasteiger partial charge in [0.25, 0.3) is 0 Å². The van der Waals surface area contributed by atoms with Crippen LogP contribution in [0.25, 0.3) is 11.7 Å². The Morgan fingerprint density at radius 3 is 2.84 bits per heavy atom. The van der Waals surface area contributed by atoms with Crippen molar-refractivity contribution < 1.29 is 4.79 Å². The summed E-state index contributed by atoms with van der Waals surface area (Å²) in [6, 6.07) is 8.58. The first-order chi connectivity index (χ1) is 15.7. The molecule has 2 heterocycles. The maximum Gasteiger partial charge on any atom is 0.163 e. The zero-order chi connectivity index (χ0) is 21.9. The van der Waals surface area contributed by atoms with E-state index in [4.69, 9.17) is 4.98 Å². The first kappa shape index (κ1) is 21.2. The van der Waals surface area contributed by atoms with E-state index in [0.29, 0.717) is 12.8 Å². The number of rotatable bonds is 8. The Bertz CT molecular complexity index is 1150. The fraction of sp³-hybridized carbons (Fsp3) is 0.448. The minimum absolute atomic E-state index is 0.219. The van der Waals surface area contributed by atoms with Crippen molar-refractivity contribution in [3.63, 3.8) is 0 Å². The smallest absolute Gasteiger partial charge is 0.163 e. The Kier molecular flexibility index (Phi) is 6.25. The van der Waals surface area contributed by atoms with Crippen LogP contribution in [-0.2, 0) is 19.3 Å². The number of pyridine rings is 1. The zero-order valence-electron chi connectivity index (χ0n) is 19.3. The maximum absolute atomic E-state index is 13.0. The number of nitrogens with zero attached hydrogens (tertiary/aromatic N) is 2. The molecule has 0 aliphatic heterocycles. The number of ketones is 1. The molecule has 32 heavy (non-hydrogen) atoms. The number of carbonyl (C=O) groups is 1. The van der Waals surface area contributed by atoms with E-state index in [1.807, 2.05) is 6.07 Å². The van der Waals surface area contributed by atoms with Crippen molar-refractivity contribution in [2.75, 3.05) is 0 Å². The molecule has 0 spiro atoms. The lowest BCUT2D eigenvalue weighted by atomic mass is 9.85. The van der Waals surface area contributed by atoms with Crippen molar-refractivity contribution in [1.82, 2.24) is 9.38 Å². The molecule has 3 nitrogen and oxygen atoms in total. The summed E-state index contributed by atoms with van der Waals surface area (Å²) in [5, 5.41) is 0. The summed E-state index contributed by atoms with van der Waals surface area (Å²) in [5.41, 5.74) is 7.79. The molecule has 0 amide bonds. The average Bonchev–Trinajstić information content (AvgIpc) is 3.43. The van der Waals surface area contributed by atoms with E-state index in [1.54, 1.807) is 0 Å². The summed E-state index contributed by atoms with van der Waals surface area (Å²) < 4.78 is 2.14. The quantitative estimate of drug-likeness (QED) is 0.366. The second-order valence-corrected chi connectivity index (χ2v) is 9.85. The van der Waals surface area contributed by atoms with E-state index >= 15 is 0 Å². The van der Waals surface area contributed by atoms with E-state index in [0.717, 1.165) is 41.2 Å². The molecule has 3 heteroatoms. The molecule has 2 aromatic heterocycles. The number of allylic oxidation sites excluding steroid dienone is 1. The lowest BCUT2D eigenvalue weighted by Crippen LogP contribution is -2.06. The Balaban J connectivity index is 1.20. The predicted octanol–water partition coefficient (Wildman–Crippen LogP) is 6.93. The number of fused-ring (bicyclic) bond motifs is 2. The van der Waals surface area contributed by atoms with Gasteiger partial charge in [0.1, 0.15) is 5.65 Å². The summed E-state index contributed by atoms with van der Waals surface area (Å²) in [6.45, 7) is 2.07. The number of benzene rings is 1.